The third-order valence-electron chi connectivity index (χ3n) is 4.94. The Morgan fingerprint density at radius 2 is 1.17 bits per heavy atom. The maximum atomic E-state index is 11.7. The monoisotopic (exact) mass is 644 g/mol. The number of aliphatic imine (C=N–C) groups is 2. The van der Waals surface area contributed by atoms with E-state index < -0.39 is 15.6 Å². The summed E-state index contributed by atoms with van der Waals surface area (Å²) in [7, 11) is -2.94. The summed E-state index contributed by atoms with van der Waals surface area (Å²) < 4.78 is 69.1. The second-order valence-electron chi connectivity index (χ2n) is 7.99. The van der Waals surface area contributed by atoms with Gasteiger partial charge in [-0.25, -0.2) is 8.42 Å². The van der Waals surface area contributed by atoms with Crippen LogP contribution in [0.15, 0.2) is 46.4 Å². The van der Waals surface area contributed by atoms with Gasteiger partial charge in [0.05, 0.1) is 14.2 Å². The van der Waals surface area contributed by atoms with Crippen molar-refractivity contribution in [1.29, 1.82) is 0 Å². The van der Waals surface area contributed by atoms with E-state index in [1.807, 2.05) is 0 Å². The zero-order chi connectivity index (χ0) is 30.0. The second kappa shape index (κ2) is 20.1. The van der Waals surface area contributed by atoms with Crippen molar-refractivity contribution in [3.63, 3.8) is 0 Å². The number of hydrogen-bond acceptors (Lipinski definition) is 11. The molecule has 2 aromatic rings. The standard InChI is InChI=1S/C24H34N4O4.CHF3O3S.Mn/c1-31-21-5-7-23(29)19(15-21)17-27-11-3-9-25-13-14-26-10-4-12-28-18-20-16-22(32-2)6-8-24(20)30;2-1(3,4)8(5,6)7;/h5-8,15-18,25-26,29-30H,3-4,9-14H2,1-2H3;(H,5,6,7);/q;;+3/p-3. The maximum Gasteiger partial charge on any atom is 3.00 e. The van der Waals surface area contributed by atoms with Crippen LogP contribution in [0, 0.1) is 0 Å². The summed E-state index contributed by atoms with van der Waals surface area (Å²) in [6.45, 7) is 4.79. The van der Waals surface area contributed by atoms with Gasteiger partial charge in [-0.05, 0) is 61.3 Å². The van der Waals surface area contributed by atoms with Gasteiger partial charge in [0.1, 0.15) is 11.5 Å². The van der Waals surface area contributed by atoms with Crippen LogP contribution < -0.4 is 30.3 Å². The van der Waals surface area contributed by atoms with Crippen LogP contribution in [0.5, 0.6) is 23.0 Å². The van der Waals surface area contributed by atoms with Crippen LogP contribution in [0.1, 0.15) is 24.0 Å². The van der Waals surface area contributed by atoms with E-state index >= 15 is 0 Å². The van der Waals surface area contributed by atoms with E-state index in [4.69, 9.17) is 22.4 Å². The predicted octanol–water partition coefficient (Wildman–Crippen LogP) is 1.40. The molecule has 0 bridgehead atoms. The average Bonchev–Trinajstić information content (AvgIpc) is 2.90. The first-order valence-corrected chi connectivity index (χ1v) is 13.4. The van der Waals surface area contributed by atoms with E-state index in [2.05, 4.69) is 20.6 Å². The van der Waals surface area contributed by atoms with Gasteiger partial charge in [0.25, 0.3) is 0 Å². The Morgan fingerprint density at radius 3 is 1.49 bits per heavy atom. The summed E-state index contributed by atoms with van der Waals surface area (Å²) in [4.78, 5) is 8.63. The van der Waals surface area contributed by atoms with Crippen LogP contribution in [-0.2, 0) is 27.2 Å². The van der Waals surface area contributed by atoms with E-state index in [0.717, 1.165) is 39.0 Å². The van der Waals surface area contributed by atoms with Crippen molar-refractivity contribution in [1.82, 2.24) is 10.6 Å². The molecule has 11 nitrogen and oxygen atoms in total. The molecule has 0 atom stereocenters. The largest absolute Gasteiger partial charge is 3.00 e. The molecule has 0 fully saturated rings. The third-order valence-corrected chi connectivity index (χ3v) is 5.51. The summed E-state index contributed by atoms with van der Waals surface area (Å²) in [6, 6.07) is 9.67. The second-order valence-corrected chi connectivity index (χ2v) is 9.36. The summed E-state index contributed by atoms with van der Waals surface area (Å²) in [6.07, 6.45) is 5.02. The number of halogens is 3. The average molecular weight is 645 g/mol. The molecule has 2 aromatic carbocycles. The predicted molar refractivity (Wildman–Crippen MR) is 141 cm³/mol. The van der Waals surface area contributed by atoms with Gasteiger partial charge in [-0.1, -0.05) is 23.6 Å². The molecule has 2 N–H and O–H groups in total. The number of nitrogens with zero attached hydrogens (tertiary/aromatic N) is 2. The van der Waals surface area contributed by atoms with Crippen molar-refractivity contribution in [2.45, 2.75) is 18.3 Å². The van der Waals surface area contributed by atoms with Gasteiger partial charge in [0, 0.05) is 38.6 Å². The summed E-state index contributed by atoms with van der Waals surface area (Å²) in [5.41, 5.74) is -4.56. The van der Waals surface area contributed by atoms with Gasteiger partial charge in [-0.15, -0.1) is 0 Å². The number of ether oxygens (including phenoxy) is 2. The SMILES string of the molecule is COc1ccc([O-])c(C=NCCCNCCNCCCN=Cc2cc(OC)ccc2[O-])c1.O=S(=O)([O-])C(F)(F)F.[Mn+3]. The van der Waals surface area contributed by atoms with E-state index in [0.29, 0.717) is 35.7 Å². The Bertz CT molecular complexity index is 1130. The van der Waals surface area contributed by atoms with Crippen LogP contribution in [0.25, 0.3) is 0 Å². The number of methoxy groups -OCH3 is 2. The minimum Gasteiger partial charge on any atom is -0.872 e. The van der Waals surface area contributed by atoms with E-state index in [1.54, 1.807) is 50.9 Å². The minimum absolute atomic E-state index is 0. The normalized spacial score (nSPS) is 11.7. The Labute approximate surface area is 248 Å². The van der Waals surface area contributed by atoms with Gasteiger partial charge < -0.3 is 34.9 Å². The number of benzene rings is 2. The maximum absolute atomic E-state index is 11.7. The summed E-state index contributed by atoms with van der Waals surface area (Å²) >= 11 is 0. The fourth-order valence-corrected chi connectivity index (χ4v) is 2.85. The summed E-state index contributed by atoms with van der Waals surface area (Å²) in [5, 5.41) is 30.2. The molecule has 0 radical (unpaired) electrons. The fourth-order valence-electron chi connectivity index (χ4n) is 2.85. The minimum atomic E-state index is -6.09. The van der Waals surface area contributed by atoms with Gasteiger partial charge in [-0.2, -0.15) is 13.2 Å². The smallest absolute Gasteiger partial charge is 0.872 e. The number of rotatable bonds is 15. The van der Waals surface area contributed by atoms with Crippen LogP contribution in [-0.4, -0.2) is 84.4 Å². The van der Waals surface area contributed by atoms with Crippen LogP contribution in [0.2, 0.25) is 0 Å². The topological polar surface area (TPSA) is 171 Å². The molecule has 0 spiro atoms. The van der Waals surface area contributed by atoms with Crippen molar-refractivity contribution >= 4 is 22.5 Å². The molecule has 0 aliphatic rings. The summed E-state index contributed by atoms with van der Waals surface area (Å²) in [5.74, 6) is 1.20. The van der Waals surface area contributed by atoms with Gasteiger partial charge >= 0.3 is 22.6 Å². The molecule has 16 heteroatoms. The molecular formula is C25H32F3MnN4O7S. The van der Waals surface area contributed by atoms with E-state index in [-0.39, 0.29) is 28.6 Å². The third kappa shape index (κ3) is 16.2. The molecule has 0 aromatic heterocycles. The molecule has 0 saturated carbocycles. The van der Waals surface area contributed by atoms with Crippen molar-refractivity contribution in [2.24, 2.45) is 9.98 Å². The van der Waals surface area contributed by atoms with Gasteiger partial charge in [-0.3, -0.25) is 9.98 Å². The Kier molecular flexibility index (Phi) is 18.7. The van der Waals surface area contributed by atoms with Crippen molar-refractivity contribution in [3.05, 3.63) is 47.5 Å². The molecule has 41 heavy (non-hydrogen) atoms. The van der Waals surface area contributed by atoms with Crippen molar-refractivity contribution < 1.29 is 62.9 Å². The number of hydrogen-bond donors (Lipinski definition) is 2. The van der Waals surface area contributed by atoms with Crippen LogP contribution in [0.4, 0.5) is 13.2 Å². The molecule has 0 saturated heterocycles. The molecule has 2 rings (SSSR count). The van der Waals surface area contributed by atoms with E-state index in [9.17, 15) is 23.4 Å². The molecule has 0 unspecified atom stereocenters. The zero-order valence-corrected chi connectivity index (χ0v) is 24.4. The molecule has 0 heterocycles. The molecule has 0 aliphatic heterocycles. The van der Waals surface area contributed by atoms with Crippen molar-refractivity contribution in [2.75, 3.05) is 53.5 Å². The first-order valence-electron chi connectivity index (χ1n) is 12.0. The molecular weight excluding hydrogens is 612 g/mol. The molecule has 0 amide bonds. The van der Waals surface area contributed by atoms with Gasteiger partial charge in [0.2, 0.25) is 0 Å². The van der Waals surface area contributed by atoms with Crippen molar-refractivity contribution in [3.8, 4) is 23.0 Å². The van der Waals surface area contributed by atoms with Crippen LogP contribution in [0.3, 0.4) is 0 Å². The Balaban J connectivity index is 0.00000155. The van der Waals surface area contributed by atoms with Crippen LogP contribution >= 0.6 is 0 Å². The fraction of sp³-hybridized carbons (Fsp3) is 0.440. The first-order chi connectivity index (χ1) is 18.9. The molecule has 228 valence electrons. The first kappa shape index (κ1) is 38.1. The molecule has 0 aliphatic carbocycles. The number of nitrogens with one attached hydrogen (secondary N) is 2. The van der Waals surface area contributed by atoms with E-state index in [1.165, 1.54) is 12.1 Å². The zero-order valence-electron chi connectivity index (χ0n) is 22.4. The quantitative estimate of drug-likeness (QED) is 0.0957. The number of alkyl halides is 3. The Morgan fingerprint density at radius 1 is 0.805 bits per heavy atom. The Hall–Kier alpha value is -2.88. The van der Waals surface area contributed by atoms with Gasteiger partial charge in [0.15, 0.2) is 10.1 Å².